The summed E-state index contributed by atoms with van der Waals surface area (Å²) in [6, 6.07) is 9.80. The minimum atomic E-state index is 0.702. The van der Waals surface area contributed by atoms with Crippen LogP contribution in [0.15, 0.2) is 30.5 Å². The topological polar surface area (TPSA) is 61.6 Å². The average molecular weight is 252 g/mol. The summed E-state index contributed by atoms with van der Waals surface area (Å²) in [7, 11) is 0. The smallest absolute Gasteiger partial charge is 0.125 e. The molecule has 1 N–H and O–H groups in total. The lowest BCUT2D eigenvalue weighted by atomic mass is 10.1. The van der Waals surface area contributed by atoms with Gasteiger partial charge in [0.25, 0.3) is 0 Å². The molecule has 0 unspecified atom stereocenters. The zero-order valence-corrected chi connectivity index (χ0v) is 11.1. The molecule has 0 fully saturated rings. The number of benzene rings is 1. The second-order valence-electron chi connectivity index (χ2n) is 4.45. The predicted molar refractivity (Wildman–Crippen MR) is 73.2 cm³/mol. The molecule has 4 heteroatoms. The Kier molecular flexibility index (Phi) is 4.22. The Morgan fingerprint density at radius 2 is 2.05 bits per heavy atom. The third-order valence-corrected chi connectivity index (χ3v) is 2.93. The van der Waals surface area contributed by atoms with E-state index in [0.717, 1.165) is 23.6 Å². The molecular weight excluding hydrogens is 236 g/mol. The van der Waals surface area contributed by atoms with E-state index >= 15 is 0 Å². The molecule has 0 spiro atoms. The maximum Gasteiger partial charge on any atom is 0.125 e. The van der Waals surface area contributed by atoms with Crippen LogP contribution in [0.2, 0.25) is 0 Å². The van der Waals surface area contributed by atoms with Gasteiger partial charge in [-0.2, -0.15) is 5.26 Å². The molecule has 1 aromatic carbocycles. The number of nitriles is 1. The Labute approximate surface area is 113 Å². The van der Waals surface area contributed by atoms with Crippen LogP contribution in [0.5, 0.6) is 0 Å². The molecule has 19 heavy (non-hydrogen) atoms. The highest BCUT2D eigenvalue weighted by Gasteiger charge is 2.01. The maximum absolute atomic E-state index is 8.82. The molecule has 1 heterocycles. The van der Waals surface area contributed by atoms with Gasteiger partial charge >= 0.3 is 0 Å². The first-order chi connectivity index (χ1) is 9.19. The van der Waals surface area contributed by atoms with E-state index < -0.39 is 0 Å². The molecule has 0 atom stereocenters. The van der Waals surface area contributed by atoms with Gasteiger partial charge in [-0.25, -0.2) is 9.97 Å². The van der Waals surface area contributed by atoms with E-state index in [1.807, 2.05) is 38.1 Å². The Morgan fingerprint density at radius 1 is 1.21 bits per heavy atom. The van der Waals surface area contributed by atoms with Crippen molar-refractivity contribution in [3.05, 3.63) is 58.7 Å². The summed E-state index contributed by atoms with van der Waals surface area (Å²) >= 11 is 0. The molecule has 0 aliphatic heterocycles. The first kappa shape index (κ1) is 13.2. The van der Waals surface area contributed by atoms with Crippen molar-refractivity contribution in [2.75, 3.05) is 0 Å². The first-order valence-electron chi connectivity index (χ1n) is 6.18. The number of rotatable bonds is 4. The molecule has 0 amide bonds. The van der Waals surface area contributed by atoms with Crippen LogP contribution in [-0.4, -0.2) is 9.97 Å². The van der Waals surface area contributed by atoms with Crippen molar-refractivity contribution >= 4 is 0 Å². The van der Waals surface area contributed by atoms with Gasteiger partial charge in [-0.3, -0.25) is 0 Å². The lowest BCUT2D eigenvalue weighted by Crippen LogP contribution is -2.15. The summed E-state index contributed by atoms with van der Waals surface area (Å²) < 4.78 is 0. The largest absolute Gasteiger partial charge is 0.307 e. The molecule has 2 rings (SSSR count). The molecule has 0 bridgehead atoms. The van der Waals surface area contributed by atoms with Crippen LogP contribution >= 0.6 is 0 Å². The predicted octanol–water partition coefficient (Wildman–Crippen LogP) is 2.25. The summed E-state index contributed by atoms with van der Waals surface area (Å²) in [6.45, 7) is 5.38. The van der Waals surface area contributed by atoms with Crippen LogP contribution in [0.4, 0.5) is 0 Å². The van der Waals surface area contributed by atoms with Gasteiger partial charge in [-0.05, 0) is 43.2 Å². The summed E-state index contributed by atoms with van der Waals surface area (Å²) in [5, 5.41) is 12.2. The number of nitrogens with zero attached hydrogens (tertiary/aromatic N) is 3. The van der Waals surface area contributed by atoms with Gasteiger partial charge in [0.1, 0.15) is 5.82 Å². The highest BCUT2D eigenvalue weighted by atomic mass is 14.9. The lowest BCUT2D eigenvalue weighted by molar-refractivity contribution is 0.673. The zero-order valence-electron chi connectivity index (χ0n) is 11.1. The van der Waals surface area contributed by atoms with Gasteiger partial charge in [0, 0.05) is 19.3 Å². The first-order valence-corrected chi connectivity index (χ1v) is 6.18. The van der Waals surface area contributed by atoms with Crippen molar-refractivity contribution in [3.8, 4) is 6.07 Å². The fourth-order valence-electron chi connectivity index (χ4n) is 1.89. The SMILES string of the molecule is Cc1nccc(CNCc2ccc(C#N)cc2C)n1. The zero-order chi connectivity index (χ0) is 13.7. The number of aryl methyl sites for hydroxylation is 2. The van der Waals surface area contributed by atoms with E-state index in [2.05, 4.69) is 21.4 Å². The van der Waals surface area contributed by atoms with Crippen LogP contribution in [0.3, 0.4) is 0 Å². The van der Waals surface area contributed by atoms with E-state index in [9.17, 15) is 0 Å². The van der Waals surface area contributed by atoms with E-state index in [1.54, 1.807) is 6.20 Å². The number of hydrogen-bond acceptors (Lipinski definition) is 4. The summed E-state index contributed by atoms with van der Waals surface area (Å²) in [4.78, 5) is 8.41. The standard InChI is InChI=1S/C15H16N4/c1-11-7-13(8-16)3-4-14(11)9-17-10-15-5-6-18-12(2)19-15/h3-7,17H,9-10H2,1-2H3. The molecule has 0 saturated heterocycles. The normalized spacial score (nSPS) is 10.2. The second kappa shape index (κ2) is 6.07. The van der Waals surface area contributed by atoms with Gasteiger partial charge in [-0.1, -0.05) is 6.07 Å². The number of aromatic nitrogens is 2. The van der Waals surface area contributed by atoms with Gasteiger partial charge in [0.05, 0.1) is 17.3 Å². The number of nitrogens with one attached hydrogen (secondary N) is 1. The van der Waals surface area contributed by atoms with Crippen molar-refractivity contribution in [2.24, 2.45) is 0 Å². The van der Waals surface area contributed by atoms with Crippen LogP contribution in [-0.2, 0) is 13.1 Å². The van der Waals surface area contributed by atoms with E-state index in [0.29, 0.717) is 12.1 Å². The Bertz CT molecular complexity index is 614. The van der Waals surface area contributed by atoms with Crippen molar-refractivity contribution in [1.29, 1.82) is 5.26 Å². The third kappa shape index (κ3) is 3.60. The molecule has 4 nitrogen and oxygen atoms in total. The summed E-state index contributed by atoms with van der Waals surface area (Å²) in [6.07, 6.45) is 1.77. The molecule has 0 saturated carbocycles. The maximum atomic E-state index is 8.82. The van der Waals surface area contributed by atoms with Crippen LogP contribution in [0.1, 0.15) is 28.2 Å². The fraction of sp³-hybridized carbons (Fsp3) is 0.267. The highest BCUT2D eigenvalue weighted by molar-refractivity contribution is 5.37. The molecule has 0 aliphatic rings. The average Bonchev–Trinajstić information content (AvgIpc) is 2.40. The summed E-state index contributed by atoms with van der Waals surface area (Å²) in [5.41, 5.74) is 4.02. The van der Waals surface area contributed by atoms with Crippen LogP contribution < -0.4 is 5.32 Å². The molecule has 0 aliphatic carbocycles. The van der Waals surface area contributed by atoms with Crippen LogP contribution in [0.25, 0.3) is 0 Å². The third-order valence-electron chi connectivity index (χ3n) is 2.93. The van der Waals surface area contributed by atoms with Gasteiger partial charge in [0.2, 0.25) is 0 Å². The molecular formula is C15H16N4. The Morgan fingerprint density at radius 3 is 2.74 bits per heavy atom. The number of hydrogen-bond donors (Lipinski definition) is 1. The quantitative estimate of drug-likeness (QED) is 0.906. The van der Waals surface area contributed by atoms with E-state index in [1.165, 1.54) is 5.56 Å². The Hall–Kier alpha value is -2.25. The van der Waals surface area contributed by atoms with Gasteiger partial charge in [0.15, 0.2) is 0 Å². The van der Waals surface area contributed by atoms with Gasteiger partial charge < -0.3 is 5.32 Å². The molecule has 0 radical (unpaired) electrons. The highest BCUT2D eigenvalue weighted by Crippen LogP contribution is 2.10. The van der Waals surface area contributed by atoms with Gasteiger partial charge in [-0.15, -0.1) is 0 Å². The van der Waals surface area contributed by atoms with Crippen molar-refractivity contribution < 1.29 is 0 Å². The second-order valence-corrected chi connectivity index (χ2v) is 4.45. The fourth-order valence-corrected chi connectivity index (χ4v) is 1.89. The molecule has 96 valence electrons. The van der Waals surface area contributed by atoms with Crippen molar-refractivity contribution in [2.45, 2.75) is 26.9 Å². The lowest BCUT2D eigenvalue weighted by Gasteiger charge is -2.08. The monoisotopic (exact) mass is 252 g/mol. The molecule has 1 aromatic heterocycles. The Balaban J connectivity index is 1.94. The van der Waals surface area contributed by atoms with Crippen molar-refractivity contribution in [3.63, 3.8) is 0 Å². The van der Waals surface area contributed by atoms with Crippen LogP contribution in [0, 0.1) is 25.2 Å². The summed E-state index contributed by atoms with van der Waals surface area (Å²) in [5.74, 6) is 0.786. The van der Waals surface area contributed by atoms with Crippen molar-refractivity contribution in [1.82, 2.24) is 15.3 Å². The minimum Gasteiger partial charge on any atom is -0.307 e. The van der Waals surface area contributed by atoms with E-state index in [-0.39, 0.29) is 0 Å². The van der Waals surface area contributed by atoms with E-state index in [4.69, 9.17) is 5.26 Å². The minimum absolute atomic E-state index is 0.702. The molecule has 2 aromatic rings.